The quantitative estimate of drug-likeness (QED) is 0.821. The Morgan fingerprint density at radius 3 is 3.00 bits per heavy atom. The fourth-order valence-corrected chi connectivity index (χ4v) is 2.17. The van der Waals surface area contributed by atoms with E-state index in [0.29, 0.717) is 0 Å². The molecule has 0 saturated heterocycles. The van der Waals surface area contributed by atoms with Gasteiger partial charge in [0.2, 0.25) is 5.89 Å². The van der Waals surface area contributed by atoms with Crippen molar-refractivity contribution in [1.82, 2.24) is 9.88 Å². The number of oxazole rings is 1. The van der Waals surface area contributed by atoms with Gasteiger partial charge in [-0.15, -0.1) is 0 Å². The molecule has 1 heterocycles. The Morgan fingerprint density at radius 2 is 2.29 bits per heavy atom. The fraction of sp³-hybridized carbons (Fsp3) is 0.462. The molecule has 1 aliphatic rings. The smallest absolute Gasteiger partial charge is 0.209 e. The van der Waals surface area contributed by atoms with Gasteiger partial charge in [0, 0.05) is 17.8 Å². The van der Waals surface area contributed by atoms with Crippen molar-refractivity contribution >= 4 is 16.8 Å². The van der Waals surface area contributed by atoms with E-state index in [9.17, 15) is 0 Å². The van der Waals surface area contributed by atoms with Crippen molar-refractivity contribution in [3.05, 3.63) is 24.1 Å². The summed E-state index contributed by atoms with van der Waals surface area (Å²) < 4.78 is 5.73. The molecule has 0 amide bonds. The van der Waals surface area contributed by atoms with Crippen LogP contribution in [0.4, 0.5) is 5.69 Å². The summed E-state index contributed by atoms with van der Waals surface area (Å²) >= 11 is 0. The van der Waals surface area contributed by atoms with Crippen molar-refractivity contribution in [2.24, 2.45) is 0 Å². The SMILES string of the molecule is CCN(Cc1nc2ccc(N)cc2o1)C1CC1. The molecule has 0 atom stereocenters. The first-order valence-electron chi connectivity index (χ1n) is 6.15. The van der Waals surface area contributed by atoms with E-state index in [1.54, 1.807) is 0 Å². The zero-order valence-corrected chi connectivity index (χ0v) is 10.0. The van der Waals surface area contributed by atoms with Crippen molar-refractivity contribution in [3.63, 3.8) is 0 Å². The maximum Gasteiger partial charge on any atom is 0.209 e. The predicted molar refractivity (Wildman–Crippen MR) is 67.5 cm³/mol. The zero-order chi connectivity index (χ0) is 11.8. The molecule has 1 fully saturated rings. The molecule has 4 nitrogen and oxygen atoms in total. The summed E-state index contributed by atoms with van der Waals surface area (Å²) in [5.41, 5.74) is 8.11. The van der Waals surface area contributed by atoms with Gasteiger partial charge in [-0.1, -0.05) is 6.92 Å². The Bertz CT molecular complexity index is 530. The van der Waals surface area contributed by atoms with Gasteiger partial charge in [0.05, 0.1) is 6.54 Å². The second-order valence-electron chi connectivity index (χ2n) is 4.63. The Labute approximate surface area is 100 Å². The third kappa shape index (κ3) is 2.13. The number of rotatable bonds is 4. The molecule has 0 unspecified atom stereocenters. The third-order valence-corrected chi connectivity index (χ3v) is 3.26. The third-order valence-electron chi connectivity index (χ3n) is 3.26. The molecule has 17 heavy (non-hydrogen) atoms. The number of benzene rings is 1. The number of nitrogens with two attached hydrogens (primary N) is 1. The summed E-state index contributed by atoms with van der Waals surface area (Å²) in [5, 5.41) is 0. The molecule has 2 aromatic rings. The Hall–Kier alpha value is -1.55. The molecular formula is C13H17N3O. The van der Waals surface area contributed by atoms with Crippen molar-refractivity contribution < 1.29 is 4.42 Å². The van der Waals surface area contributed by atoms with Gasteiger partial charge in [-0.05, 0) is 31.5 Å². The Balaban J connectivity index is 1.84. The lowest BCUT2D eigenvalue weighted by Crippen LogP contribution is -2.25. The lowest BCUT2D eigenvalue weighted by Gasteiger charge is -2.16. The van der Waals surface area contributed by atoms with Gasteiger partial charge in [0.25, 0.3) is 0 Å². The summed E-state index contributed by atoms with van der Waals surface area (Å²) in [5.74, 6) is 0.791. The highest BCUT2D eigenvalue weighted by molar-refractivity contribution is 5.76. The maximum atomic E-state index is 5.73. The topological polar surface area (TPSA) is 55.3 Å². The first kappa shape index (κ1) is 10.6. The van der Waals surface area contributed by atoms with Crippen LogP contribution in [-0.2, 0) is 6.54 Å². The highest BCUT2D eigenvalue weighted by Crippen LogP contribution is 2.28. The van der Waals surface area contributed by atoms with Crippen LogP contribution in [0, 0.1) is 0 Å². The largest absolute Gasteiger partial charge is 0.439 e. The molecule has 1 aliphatic carbocycles. The van der Waals surface area contributed by atoms with Crippen molar-refractivity contribution in [3.8, 4) is 0 Å². The van der Waals surface area contributed by atoms with Crippen molar-refractivity contribution in [2.75, 3.05) is 12.3 Å². The van der Waals surface area contributed by atoms with Crippen LogP contribution in [0.5, 0.6) is 0 Å². The zero-order valence-electron chi connectivity index (χ0n) is 10.0. The van der Waals surface area contributed by atoms with Gasteiger partial charge in [-0.2, -0.15) is 0 Å². The fourth-order valence-electron chi connectivity index (χ4n) is 2.17. The van der Waals surface area contributed by atoms with Crippen LogP contribution in [-0.4, -0.2) is 22.5 Å². The van der Waals surface area contributed by atoms with E-state index in [1.165, 1.54) is 12.8 Å². The molecule has 1 aromatic heterocycles. The van der Waals surface area contributed by atoms with Crippen LogP contribution < -0.4 is 5.73 Å². The van der Waals surface area contributed by atoms with E-state index in [0.717, 1.165) is 41.8 Å². The molecular weight excluding hydrogens is 214 g/mol. The van der Waals surface area contributed by atoms with Gasteiger partial charge < -0.3 is 10.2 Å². The lowest BCUT2D eigenvalue weighted by atomic mass is 10.3. The van der Waals surface area contributed by atoms with E-state index >= 15 is 0 Å². The van der Waals surface area contributed by atoms with E-state index in [2.05, 4.69) is 16.8 Å². The Morgan fingerprint density at radius 1 is 1.47 bits per heavy atom. The molecule has 90 valence electrons. The molecule has 2 N–H and O–H groups in total. The summed E-state index contributed by atoms with van der Waals surface area (Å²) in [7, 11) is 0. The summed E-state index contributed by atoms with van der Waals surface area (Å²) in [6.45, 7) is 4.03. The van der Waals surface area contributed by atoms with Gasteiger partial charge in [0.1, 0.15) is 5.52 Å². The number of fused-ring (bicyclic) bond motifs is 1. The summed E-state index contributed by atoms with van der Waals surface area (Å²) in [6.07, 6.45) is 2.61. The van der Waals surface area contributed by atoms with Gasteiger partial charge in [-0.3, -0.25) is 4.90 Å². The first-order valence-corrected chi connectivity index (χ1v) is 6.15. The van der Waals surface area contributed by atoms with Gasteiger partial charge >= 0.3 is 0 Å². The number of aromatic nitrogens is 1. The molecule has 4 heteroatoms. The highest BCUT2D eigenvalue weighted by Gasteiger charge is 2.28. The minimum absolute atomic E-state index is 0.717. The van der Waals surface area contributed by atoms with Crippen molar-refractivity contribution in [2.45, 2.75) is 32.4 Å². The molecule has 0 spiro atoms. The van der Waals surface area contributed by atoms with Crippen LogP contribution in [0.15, 0.2) is 22.6 Å². The summed E-state index contributed by atoms with van der Waals surface area (Å²) in [6, 6.07) is 6.33. The van der Waals surface area contributed by atoms with Crippen molar-refractivity contribution in [1.29, 1.82) is 0 Å². The van der Waals surface area contributed by atoms with Gasteiger partial charge in [0.15, 0.2) is 5.58 Å². The monoisotopic (exact) mass is 231 g/mol. The molecule has 0 aliphatic heterocycles. The predicted octanol–water partition coefficient (Wildman–Crippen LogP) is 2.39. The van der Waals surface area contributed by atoms with Crippen LogP contribution in [0.25, 0.3) is 11.1 Å². The number of anilines is 1. The minimum Gasteiger partial charge on any atom is -0.439 e. The first-order chi connectivity index (χ1) is 8.26. The normalized spacial score (nSPS) is 15.9. The van der Waals surface area contributed by atoms with E-state index < -0.39 is 0 Å². The van der Waals surface area contributed by atoms with E-state index in [4.69, 9.17) is 10.2 Å². The molecule has 1 aromatic carbocycles. The van der Waals surface area contributed by atoms with Crippen LogP contribution in [0.1, 0.15) is 25.7 Å². The van der Waals surface area contributed by atoms with Crippen LogP contribution in [0.2, 0.25) is 0 Å². The standard InChI is InChI=1S/C13H17N3O/c1-2-16(10-4-5-10)8-13-15-11-6-3-9(14)7-12(11)17-13/h3,6-7,10H,2,4-5,8,14H2,1H3. The lowest BCUT2D eigenvalue weighted by molar-refractivity contribution is 0.243. The second kappa shape index (κ2) is 4.04. The molecule has 1 saturated carbocycles. The van der Waals surface area contributed by atoms with Crippen LogP contribution in [0.3, 0.4) is 0 Å². The average molecular weight is 231 g/mol. The highest BCUT2D eigenvalue weighted by atomic mass is 16.3. The second-order valence-corrected chi connectivity index (χ2v) is 4.63. The van der Waals surface area contributed by atoms with E-state index in [-0.39, 0.29) is 0 Å². The van der Waals surface area contributed by atoms with E-state index in [1.807, 2.05) is 18.2 Å². The average Bonchev–Trinajstić information content (AvgIpc) is 3.07. The summed E-state index contributed by atoms with van der Waals surface area (Å²) in [4.78, 5) is 6.90. The molecule has 0 bridgehead atoms. The Kier molecular flexibility index (Phi) is 2.52. The maximum absolute atomic E-state index is 5.73. The molecule has 3 rings (SSSR count). The van der Waals surface area contributed by atoms with Gasteiger partial charge in [-0.25, -0.2) is 4.98 Å². The number of nitrogen functional groups attached to an aromatic ring is 1. The number of hydrogen-bond acceptors (Lipinski definition) is 4. The number of nitrogens with zero attached hydrogens (tertiary/aromatic N) is 2. The minimum atomic E-state index is 0.717. The number of hydrogen-bond donors (Lipinski definition) is 1. The molecule has 0 radical (unpaired) electrons. The van der Waals surface area contributed by atoms with Crippen LogP contribution >= 0.6 is 0 Å².